The third-order valence-electron chi connectivity index (χ3n) is 2.40. The van der Waals surface area contributed by atoms with Crippen molar-refractivity contribution in [2.45, 2.75) is 18.5 Å². The highest BCUT2D eigenvalue weighted by Gasteiger charge is 2.01. The second kappa shape index (κ2) is 5.93. The first kappa shape index (κ1) is 12.3. The van der Waals surface area contributed by atoms with E-state index in [0.717, 1.165) is 24.5 Å². The Morgan fingerprint density at radius 1 is 1.53 bits per heavy atom. The van der Waals surface area contributed by atoms with Crippen molar-refractivity contribution in [3.05, 3.63) is 35.9 Å². The molecular formula is C12H17N3OS. The van der Waals surface area contributed by atoms with Gasteiger partial charge in [-0.15, -0.1) is 11.8 Å². The Hall–Kier alpha value is -1.20. The van der Waals surface area contributed by atoms with E-state index >= 15 is 0 Å². The van der Waals surface area contributed by atoms with Crippen LogP contribution in [0.3, 0.4) is 0 Å². The molecule has 4 nitrogen and oxygen atoms in total. The van der Waals surface area contributed by atoms with Gasteiger partial charge in [0, 0.05) is 31.5 Å². The molecule has 0 aliphatic rings. The summed E-state index contributed by atoms with van der Waals surface area (Å²) in [5.41, 5.74) is 2.26. The van der Waals surface area contributed by atoms with Crippen LogP contribution in [0.5, 0.6) is 0 Å². The van der Waals surface area contributed by atoms with Crippen molar-refractivity contribution in [3.63, 3.8) is 0 Å². The van der Waals surface area contributed by atoms with E-state index < -0.39 is 0 Å². The van der Waals surface area contributed by atoms with Gasteiger partial charge in [-0.2, -0.15) is 5.10 Å². The fourth-order valence-corrected chi connectivity index (χ4v) is 2.51. The summed E-state index contributed by atoms with van der Waals surface area (Å²) in [6.07, 6.45) is 3.47. The molecule has 1 N–H and O–H groups in total. The van der Waals surface area contributed by atoms with Crippen molar-refractivity contribution in [2.75, 3.05) is 12.3 Å². The number of furan rings is 1. The third kappa shape index (κ3) is 3.64. The zero-order valence-corrected chi connectivity index (χ0v) is 11.0. The minimum atomic E-state index is 0.863. The van der Waals surface area contributed by atoms with Gasteiger partial charge in [-0.1, -0.05) is 0 Å². The molecule has 2 rings (SSSR count). The van der Waals surface area contributed by atoms with Gasteiger partial charge in [-0.05, 0) is 19.1 Å². The lowest BCUT2D eigenvalue weighted by atomic mass is 10.3. The van der Waals surface area contributed by atoms with Crippen LogP contribution in [0.2, 0.25) is 0 Å². The molecule has 17 heavy (non-hydrogen) atoms. The maximum absolute atomic E-state index is 5.00. The zero-order chi connectivity index (χ0) is 12.1. The molecule has 0 aliphatic heterocycles. The highest BCUT2D eigenvalue weighted by molar-refractivity contribution is 7.99. The van der Waals surface area contributed by atoms with Crippen LogP contribution in [-0.2, 0) is 13.6 Å². The Balaban J connectivity index is 1.65. The first-order valence-corrected chi connectivity index (χ1v) is 6.59. The van der Waals surface area contributed by atoms with Gasteiger partial charge in [0.2, 0.25) is 0 Å². The number of nitrogens with one attached hydrogen (secondary N) is 1. The van der Waals surface area contributed by atoms with E-state index in [-0.39, 0.29) is 0 Å². The standard InChI is InChI=1S/C12H17N3OS/c1-10-7-12(15(2)14-10)17-6-4-13-8-11-3-5-16-9-11/h3,5,7,9,13H,4,6,8H2,1-2H3. The molecule has 0 atom stereocenters. The molecule has 0 amide bonds. The number of hydrogen-bond acceptors (Lipinski definition) is 4. The molecular weight excluding hydrogens is 234 g/mol. The minimum Gasteiger partial charge on any atom is -0.472 e. The van der Waals surface area contributed by atoms with E-state index in [1.54, 1.807) is 12.5 Å². The molecule has 0 bridgehead atoms. The van der Waals surface area contributed by atoms with Crippen LogP contribution in [0.1, 0.15) is 11.3 Å². The molecule has 2 heterocycles. The summed E-state index contributed by atoms with van der Waals surface area (Å²) in [6, 6.07) is 4.09. The van der Waals surface area contributed by atoms with Crippen LogP contribution >= 0.6 is 11.8 Å². The molecule has 0 fully saturated rings. The van der Waals surface area contributed by atoms with Crippen molar-refractivity contribution in [1.82, 2.24) is 15.1 Å². The van der Waals surface area contributed by atoms with Crippen molar-refractivity contribution >= 4 is 11.8 Å². The summed E-state index contributed by atoms with van der Waals surface area (Å²) in [6.45, 7) is 3.85. The lowest BCUT2D eigenvalue weighted by Gasteiger charge is -2.03. The maximum Gasteiger partial charge on any atom is 0.0947 e. The zero-order valence-electron chi connectivity index (χ0n) is 10.1. The van der Waals surface area contributed by atoms with Crippen LogP contribution in [-0.4, -0.2) is 22.1 Å². The van der Waals surface area contributed by atoms with Gasteiger partial charge in [0.1, 0.15) is 0 Å². The van der Waals surface area contributed by atoms with Crippen molar-refractivity contribution in [2.24, 2.45) is 7.05 Å². The number of thioether (sulfide) groups is 1. The second-order valence-electron chi connectivity index (χ2n) is 3.90. The van der Waals surface area contributed by atoms with Crippen LogP contribution in [0.15, 0.2) is 34.1 Å². The van der Waals surface area contributed by atoms with E-state index in [2.05, 4.69) is 16.5 Å². The molecule has 2 aromatic rings. The van der Waals surface area contributed by atoms with Gasteiger partial charge in [0.05, 0.1) is 23.2 Å². The number of nitrogens with zero attached hydrogens (tertiary/aromatic N) is 2. The average Bonchev–Trinajstić information content (AvgIpc) is 2.89. The molecule has 0 saturated heterocycles. The van der Waals surface area contributed by atoms with Crippen molar-refractivity contribution in [1.29, 1.82) is 0 Å². The van der Waals surface area contributed by atoms with E-state index in [0.29, 0.717) is 0 Å². The molecule has 0 spiro atoms. The van der Waals surface area contributed by atoms with E-state index in [1.165, 1.54) is 10.6 Å². The SMILES string of the molecule is Cc1cc(SCCNCc2ccoc2)n(C)n1. The van der Waals surface area contributed by atoms with Gasteiger partial charge >= 0.3 is 0 Å². The molecule has 5 heteroatoms. The molecule has 92 valence electrons. The largest absolute Gasteiger partial charge is 0.472 e. The molecule has 0 aromatic carbocycles. The topological polar surface area (TPSA) is 43.0 Å². The Kier molecular flexibility index (Phi) is 4.28. The van der Waals surface area contributed by atoms with Crippen molar-refractivity contribution < 1.29 is 4.42 Å². The molecule has 0 saturated carbocycles. The maximum atomic E-state index is 5.00. The molecule has 0 unspecified atom stereocenters. The predicted molar refractivity (Wildman–Crippen MR) is 69.1 cm³/mol. The van der Waals surface area contributed by atoms with Gasteiger partial charge in [0.25, 0.3) is 0 Å². The summed E-state index contributed by atoms with van der Waals surface area (Å²) >= 11 is 1.82. The van der Waals surface area contributed by atoms with Crippen LogP contribution < -0.4 is 5.32 Å². The Morgan fingerprint density at radius 3 is 3.06 bits per heavy atom. The Labute approximate surface area is 105 Å². The Bertz CT molecular complexity index is 450. The van der Waals surface area contributed by atoms with Crippen LogP contribution in [0.4, 0.5) is 0 Å². The van der Waals surface area contributed by atoms with Crippen LogP contribution in [0.25, 0.3) is 0 Å². The quantitative estimate of drug-likeness (QED) is 0.631. The van der Waals surface area contributed by atoms with Crippen LogP contribution in [0, 0.1) is 6.92 Å². The van der Waals surface area contributed by atoms with E-state index in [9.17, 15) is 0 Å². The summed E-state index contributed by atoms with van der Waals surface area (Å²) in [7, 11) is 1.98. The minimum absolute atomic E-state index is 0.863. The second-order valence-corrected chi connectivity index (χ2v) is 5.02. The number of hydrogen-bond donors (Lipinski definition) is 1. The number of aromatic nitrogens is 2. The van der Waals surface area contributed by atoms with Gasteiger partial charge in [-0.25, -0.2) is 0 Å². The highest BCUT2D eigenvalue weighted by Crippen LogP contribution is 2.17. The average molecular weight is 251 g/mol. The smallest absolute Gasteiger partial charge is 0.0947 e. The first-order valence-electron chi connectivity index (χ1n) is 5.61. The monoisotopic (exact) mass is 251 g/mol. The molecule has 2 aromatic heterocycles. The fraction of sp³-hybridized carbons (Fsp3) is 0.417. The number of aryl methyl sites for hydroxylation is 2. The summed E-state index contributed by atoms with van der Waals surface area (Å²) in [4.78, 5) is 0. The van der Waals surface area contributed by atoms with E-state index in [1.807, 2.05) is 36.5 Å². The molecule has 0 aliphatic carbocycles. The van der Waals surface area contributed by atoms with Gasteiger partial charge < -0.3 is 9.73 Å². The lowest BCUT2D eigenvalue weighted by Crippen LogP contribution is -2.16. The summed E-state index contributed by atoms with van der Waals surface area (Å²) in [5, 5.41) is 8.90. The first-order chi connectivity index (χ1) is 8.25. The lowest BCUT2D eigenvalue weighted by molar-refractivity contribution is 0.561. The fourth-order valence-electron chi connectivity index (χ4n) is 1.58. The van der Waals surface area contributed by atoms with Gasteiger partial charge in [0.15, 0.2) is 0 Å². The predicted octanol–water partition coefficient (Wildman–Crippen LogP) is 2.20. The summed E-state index contributed by atoms with van der Waals surface area (Å²) in [5.74, 6) is 1.04. The third-order valence-corrected chi connectivity index (χ3v) is 3.48. The highest BCUT2D eigenvalue weighted by atomic mass is 32.2. The van der Waals surface area contributed by atoms with E-state index in [4.69, 9.17) is 4.42 Å². The summed E-state index contributed by atoms with van der Waals surface area (Å²) < 4.78 is 6.93. The normalized spacial score (nSPS) is 10.9. The van der Waals surface area contributed by atoms with Gasteiger partial charge in [-0.3, -0.25) is 4.68 Å². The molecule has 0 radical (unpaired) electrons. The Morgan fingerprint density at radius 2 is 2.41 bits per heavy atom. The number of rotatable bonds is 6. The van der Waals surface area contributed by atoms with Crippen molar-refractivity contribution in [3.8, 4) is 0 Å².